The fourth-order valence-corrected chi connectivity index (χ4v) is 6.96. The monoisotopic (exact) mass is 748 g/mol. The zero-order chi connectivity index (χ0) is 35.7. The first-order valence-electron chi connectivity index (χ1n) is 15.7. The maximum Gasteiger partial charge on any atom is 0.272 e. The van der Waals surface area contributed by atoms with Gasteiger partial charge in [-0.05, 0) is 72.7 Å². The Hall–Kier alpha value is -5.19. The van der Waals surface area contributed by atoms with E-state index >= 15 is 0 Å². The third kappa shape index (κ3) is 9.53. The molecule has 1 aromatic heterocycles. The van der Waals surface area contributed by atoms with Crippen LogP contribution in [0.25, 0.3) is 17.3 Å². The molecular weight excluding hydrogens is 720 g/mol. The minimum Gasteiger partial charge on any atom is -0.321 e. The molecule has 3 amide bonds. The topological polar surface area (TPSA) is 100 Å². The summed E-state index contributed by atoms with van der Waals surface area (Å²) in [5, 5.41) is 11.2. The lowest BCUT2D eigenvalue weighted by Crippen LogP contribution is -2.30. The van der Waals surface area contributed by atoms with Crippen LogP contribution in [0.2, 0.25) is 10.0 Å². The van der Waals surface area contributed by atoms with Crippen molar-refractivity contribution in [3.8, 4) is 11.3 Å². The van der Waals surface area contributed by atoms with Gasteiger partial charge in [-0.2, -0.15) is 0 Å². The average molecular weight is 750 g/mol. The Labute approximate surface area is 313 Å². The number of amides is 3. The number of thiazole rings is 1. The second-order valence-electron chi connectivity index (χ2n) is 11.3. The summed E-state index contributed by atoms with van der Waals surface area (Å²) in [7, 11) is 0. The molecule has 0 aliphatic heterocycles. The maximum atomic E-state index is 13.7. The van der Waals surface area contributed by atoms with Crippen LogP contribution in [-0.4, -0.2) is 22.7 Å². The molecule has 1 atom stereocenters. The number of hydrogen-bond acceptors (Lipinski definition) is 6. The molecule has 1 unspecified atom stereocenters. The van der Waals surface area contributed by atoms with E-state index in [-0.39, 0.29) is 11.6 Å². The largest absolute Gasteiger partial charge is 0.321 e. The van der Waals surface area contributed by atoms with Gasteiger partial charge in [0, 0.05) is 27.1 Å². The number of rotatable bonds is 11. The number of nitrogens with one attached hydrogen (secondary N) is 3. The number of anilines is 2. The lowest BCUT2D eigenvalue weighted by Gasteiger charge is -2.17. The number of carbonyl (C=O) groups excluding carboxylic acids is 3. The Morgan fingerprint density at radius 2 is 1.47 bits per heavy atom. The highest BCUT2D eigenvalue weighted by Gasteiger charge is 2.24. The molecule has 3 N–H and O–H groups in total. The van der Waals surface area contributed by atoms with E-state index in [0.29, 0.717) is 32.1 Å². The van der Waals surface area contributed by atoms with E-state index in [9.17, 15) is 14.4 Å². The van der Waals surface area contributed by atoms with Crippen LogP contribution in [0.1, 0.15) is 32.3 Å². The molecule has 7 nitrogen and oxygen atoms in total. The van der Waals surface area contributed by atoms with Crippen LogP contribution >= 0.6 is 46.3 Å². The molecule has 0 radical (unpaired) electrons. The van der Waals surface area contributed by atoms with Gasteiger partial charge in [0.2, 0.25) is 5.91 Å². The first-order chi connectivity index (χ1) is 24.7. The highest BCUT2D eigenvalue weighted by Crippen LogP contribution is 2.37. The second kappa shape index (κ2) is 16.7. The molecule has 1 heterocycles. The number of halogens is 2. The van der Waals surface area contributed by atoms with Crippen LogP contribution in [0.5, 0.6) is 0 Å². The first kappa shape index (κ1) is 35.6. The molecule has 6 aromatic rings. The Kier molecular flexibility index (Phi) is 11.7. The van der Waals surface area contributed by atoms with Crippen LogP contribution in [0.15, 0.2) is 143 Å². The summed E-state index contributed by atoms with van der Waals surface area (Å²) in [6, 6.07) is 38.3. The molecule has 51 heavy (non-hydrogen) atoms. The first-order valence-corrected chi connectivity index (χ1v) is 18.2. The van der Waals surface area contributed by atoms with Gasteiger partial charge in [0.1, 0.15) is 10.9 Å². The van der Waals surface area contributed by atoms with Crippen LogP contribution in [0.4, 0.5) is 10.8 Å². The summed E-state index contributed by atoms with van der Waals surface area (Å²) < 4.78 is 0. The third-order valence-corrected chi connectivity index (χ3v) is 10.3. The van der Waals surface area contributed by atoms with Crippen molar-refractivity contribution in [1.29, 1.82) is 0 Å². The van der Waals surface area contributed by atoms with E-state index in [1.165, 1.54) is 23.1 Å². The van der Waals surface area contributed by atoms with Gasteiger partial charge in [-0.3, -0.25) is 14.4 Å². The fourth-order valence-electron chi connectivity index (χ4n) is 4.91. The van der Waals surface area contributed by atoms with Gasteiger partial charge in [0.15, 0.2) is 5.13 Å². The fraction of sp³-hybridized carbons (Fsp3) is 0.0500. The Morgan fingerprint density at radius 1 is 0.784 bits per heavy atom. The van der Waals surface area contributed by atoms with Crippen molar-refractivity contribution in [3.05, 3.63) is 171 Å². The smallest absolute Gasteiger partial charge is 0.272 e. The molecule has 254 valence electrons. The zero-order valence-electron chi connectivity index (χ0n) is 27.1. The predicted octanol–water partition coefficient (Wildman–Crippen LogP) is 10.3. The van der Waals surface area contributed by atoms with E-state index in [0.717, 1.165) is 27.1 Å². The van der Waals surface area contributed by atoms with Crippen molar-refractivity contribution in [1.82, 2.24) is 10.3 Å². The van der Waals surface area contributed by atoms with Crippen molar-refractivity contribution in [2.75, 3.05) is 10.6 Å². The molecular formula is C40H30Cl2N4O3S2. The van der Waals surface area contributed by atoms with E-state index in [2.05, 4.69) is 20.9 Å². The van der Waals surface area contributed by atoms with Crippen LogP contribution in [0.3, 0.4) is 0 Å². The minimum absolute atomic E-state index is 0.0940. The van der Waals surface area contributed by atoms with Crippen molar-refractivity contribution in [2.45, 2.75) is 17.1 Å². The zero-order valence-corrected chi connectivity index (χ0v) is 30.2. The lowest BCUT2D eigenvalue weighted by atomic mass is 10.1. The van der Waals surface area contributed by atoms with Gasteiger partial charge in [0.05, 0.1) is 15.7 Å². The number of benzene rings is 5. The van der Waals surface area contributed by atoms with E-state index in [1.807, 2.05) is 91.2 Å². The molecule has 11 heteroatoms. The maximum absolute atomic E-state index is 13.7. The van der Waals surface area contributed by atoms with Gasteiger partial charge >= 0.3 is 0 Å². The van der Waals surface area contributed by atoms with Crippen molar-refractivity contribution < 1.29 is 14.4 Å². The molecule has 0 spiro atoms. The number of carbonyl (C=O) groups is 3. The van der Waals surface area contributed by atoms with Gasteiger partial charge < -0.3 is 16.0 Å². The Morgan fingerprint density at radius 3 is 2.16 bits per heavy atom. The lowest BCUT2D eigenvalue weighted by molar-refractivity contribution is -0.116. The number of thioether (sulfide) groups is 1. The molecule has 5 aromatic carbocycles. The standard InChI is InChI=1S/C40H30Cl2N4O3S2/c1-25-12-14-26(15-13-25)22-34(44-37(47)28-10-6-3-7-11-28)38(48)43-30-17-19-31(20-18-30)51-36(27-8-4-2-5-9-27)39(49)46-40-45-35(24-50-40)29-16-21-32(41)33(42)23-29/h2-24,36H,1H3,(H,43,48)(H,44,47)(H,45,46,49)/b34-22-. The van der Waals surface area contributed by atoms with Crippen molar-refractivity contribution >= 4 is 80.9 Å². The van der Waals surface area contributed by atoms with Gasteiger partial charge in [-0.1, -0.05) is 108 Å². The molecule has 0 saturated heterocycles. The van der Waals surface area contributed by atoms with Crippen molar-refractivity contribution in [3.63, 3.8) is 0 Å². The number of aryl methyl sites for hydroxylation is 1. The summed E-state index contributed by atoms with van der Waals surface area (Å²) in [6.07, 6.45) is 1.64. The average Bonchev–Trinajstić information content (AvgIpc) is 3.62. The van der Waals surface area contributed by atoms with E-state index < -0.39 is 17.1 Å². The SMILES string of the molecule is Cc1ccc(/C=C(\NC(=O)c2ccccc2)C(=O)Nc2ccc(SC(C(=O)Nc3nc(-c4ccc(Cl)c(Cl)c4)cs3)c3ccccc3)cc2)cc1. The number of hydrogen-bond donors (Lipinski definition) is 3. The molecule has 0 aliphatic carbocycles. The summed E-state index contributed by atoms with van der Waals surface area (Å²) >= 11 is 14.9. The molecule has 0 aliphatic rings. The summed E-state index contributed by atoms with van der Waals surface area (Å²) in [5.74, 6) is -1.12. The summed E-state index contributed by atoms with van der Waals surface area (Å²) in [4.78, 5) is 45.6. The molecule has 0 bridgehead atoms. The minimum atomic E-state index is -0.596. The number of nitrogens with zero attached hydrogens (tertiary/aromatic N) is 1. The highest BCUT2D eigenvalue weighted by molar-refractivity contribution is 8.00. The van der Waals surface area contributed by atoms with Gasteiger partial charge in [0.25, 0.3) is 11.8 Å². The summed E-state index contributed by atoms with van der Waals surface area (Å²) in [6.45, 7) is 1.98. The molecule has 0 saturated carbocycles. The van der Waals surface area contributed by atoms with Gasteiger partial charge in [-0.25, -0.2) is 4.98 Å². The Bertz CT molecular complexity index is 2190. The van der Waals surface area contributed by atoms with E-state index in [1.54, 1.807) is 54.6 Å². The van der Waals surface area contributed by atoms with Crippen LogP contribution in [-0.2, 0) is 9.59 Å². The van der Waals surface area contributed by atoms with Crippen LogP contribution in [0, 0.1) is 6.92 Å². The molecule has 6 rings (SSSR count). The Balaban J connectivity index is 1.17. The summed E-state index contributed by atoms with van der Waals surface area (Å²) in [5.41, 5.74) is 5.17. The van der Waals surface area contributed by atoms with Gasteiger partial charge in [-0.15, -0.1) is 23.1 Å². The normalized spacial score (nSPS) is 11.8. The van der Waals surface area contributed by atoms with Crippen molar-refractivity contribution in [2.24, 2.45) is 0 Å². The highest BCUT2D eigenvalue weighted by atomic mass is 35.5. The third-order valence-electron chi connectivity index (χ3n) is 7.57. The quantitative estimate of drug-likeness (QED) is 0.0905. The second-order valence-corrected chi connectivity index (χ2v) is 14.2. The van der Waals surface area contributed by atoms with E-state index in [4.69, 9.17) is 23.2 Å². The molecule has 0 fully saturated rings. The van der Waals surface area contributed by atoms with Crippen LogP contribution < -0.4 is 16.0 Å². The predicted molar refractivity (Wildman–Crippen MR) is 209 cm³/mol. The number of aromatic nitrogens is 1.